The number of amides is 2. The number of rotatable bonds is 5. The smallest absolute Gasteiger partial charge is 0.318 e. The van der Waals surface area contributed by atoms with Crippen molar-refractivity contribution in [3.05, 3.63) is 70.2 Å². The molecule has 6 heteroatoms. The number of benzene rings is 2. The standard InChI is InChI=1S/C23H28ClN3O2/c1-16-9-11-17(12-10-16)21-13-19(29-26-21)15-27(22(28)25-23(2,3)4)14-18-7-5-6-8-20(18)24/h5-12,19H,13-15H2,1-4H3,(H,25,28)/t19-/m0/s1. The van der Waals surface area contributed by atoms with Crippen molar-refractivity contribution in [2.75, 3.05) is 6.54 Å². The molecule has 0 aromatic heterocycles. The van der Waals surface area contributed by atoms with Crippen molar-refractivity contribution < 1.29 is 9.63 Å². The molecule has 1 aliphatic heterocycles. The first kappa shape index (κ1) is 21.2. The molecule has 2 aromatic carbocycles. The molecule has 1 N–H and O–H groups in total. The minimum Gasteiger partial charge on any atom is -0.390 e. The molecule has 1 aliphatic rings. The molecule has 2 amide bonds. The lowest BCUT2D eigenvalue weighted by atomic mass is 10.0. The highest BCUT2D eigenvalue weighted by molar-refractivity contribution is 6.31. The van der Waals surface area contributed by atoms with E-state index in [1.807, 2.05) is 57.2 Å². The topological polar surface area (TPSA) is 53.9 Å². The fraction of sp³-hybridized carbons (Fsp3) is 0.391. The largest absolute Gasteiger partial charge is 0.390 e. The van der Waals surface area contributed by atoms with Crippen LogP contribution in [0.3, 0.4) is 0 Å². The number of nitrogens with one attached hydrogen (secondary N) is 1. The molecular formula is C23H28ClN3O2. The Kier molecular flexibility index (Phi) is 6.48. The Morgan fingerprint density at radius 3 is 2.55 bits per heavy atom. The summed E-state index contributed by atoms with van der Waals surface area (Å²) in [6, 6.07) is 15.6. The summed E-state index contributed by atoms with van der Waals surface area (Å²) in [5, 5.41) is 7.94. The summed E-state index contributed by atoms with van der Waals surface area (Å²) in [7, 11) is 0. The molecule has 1 heterocycles. The summed E-state index contributed by atoms with van der Waals surface area (Å²) in [4.78, 5) is 20.3. The fourth-order valence-corrected chi connectivity index (χ4v) is 3.34. The van der Waals surface area contributed by atoms with Crippen LogP contribution in [0.4, 0.5) is 4.79 Å². The molecule has 0 unspecified atom stereocenters. The number of aryl methyl sites for hydroxylation is 1. The Bertz CT molecular complexity index is 888. The number of halogens is 1. The maximum Gasteiger partial charge on any atom is 0.318 e. The number of hydrogen-bond donors (Lipinski definition) is 1. The lowest BCUT2D eigenvalue weighted by Gasteiger charge is -2.30. The van der Waals surface area contributed by atoms with E-state index >= 15 is 0 Å². The summed E-state index contributed by atoms with van der Waals surface area (Å²) in [5.41, 5.74) is 3.72. The lowest BCUT2D eigenvalue weighted by molar-refractivity contribution is 0.0580. The van der Waals surface area contributed by atoms with E-state index in [0.29, 0.717) is 24.5 Å². The van der Waals surface area contributed by atoms with E-state index in [9.17, 15) is 4.79 Å². The second-order valence-corrected chi connectivity index (χ2v) is 8.89. The number of nitrogens with zero attached hydrogens (tertiary/aromatic N) is 2. The van der Waals surface area contributed by atoms with Crippen molar-refractivity contribution in [2.45, 2.75) is 52.3 Å². The zero-order valence-corrected chi connectivity index (χ0v) is 18.2. The number of hydrogen-bond acceptors (Lipinski definition) is 3. The molecule has 0 aliphatic carbocycles. The van der Waals surface area contributed by atoms with Gasteiger partial charge >= 0.3 is 6.03 Å². The van der Waals surface area contributed by atoms with Crippen LogP contribution in [0.15, 0.2) is 53.7 Å². The Balaban J connectivity index is 1.71. The maximum atomic E-state index is 12.9. The number of carbonyl (C=O) groups is 1. The first-order valence-electron chi connectivity index (χ1n) is 9.81. The van der Waals surface area contributed by atoms with E-state index in [-0.39, 0.29) is 17.7 Å². The summed E-state index contributed by atoms with van der Waals surface area (Å²) in [5.74, 6) is 0. The first-order chi connectivity index (χ1) is 13.7. The van der Waals surface area contributed by atoms with E-state index in [4.69, 9.17) is 16.4 Å². The zero-order valence-electron chi connectivity index (χ0n) is 17.4. The highest BCUT2D eigenvalue weighted by Crippen LogP contribution is 2.21. The molecule has 154 valence electrons. The lowest BCUT2D eigenvalue weighted by Crippen LogP contribution is -2.50. The SMILES string of the molecule is Cc1ccc(C2=NO[C@H](CN(Cc3ccccc3Cl)C(=O)NC(C)(C)C)C2)cc1. The van der Waals surface area contributed by atoms with Crippen molar-refractivity contribution in [2.24, 2.45) is 5.16 Å². The predicted octanol–water partition coefficient (Wildman–Crippen LogP) is 5.15. The molecule has 0 saturated carbocycles. The minimum atomic E-state index is -0.337. The second kappa shape index (κ2) is 8.87. The Labute approximate surface area is 177 Å². The van der Waals surface area contributed by atoms with Gasteiger partial charge in [-0.1, -0.05) is 64.8 Å². The minimum absolute atomic E-state index is 0.148. The molecule has 0 spiro atoms. The Morgan fingerprint density at radius 2 is 1.90 bits per heavy atom. The monoisotopic (exact) mass is 413 g/mol. The molecule has 1 atom stereocenters. The number of oxime groups is 1. The quantitative estimate of drug-likeness (QED) is 0.736. The van der Waals surface area contributed by atoms with Crippen LogP contribution >= 0.6 is 11.6 Å². The predicted molar refractivity (Wildman–Crippen MR) is 117 cm³/mol. The van der Waals surface area contributed by atoms with Gasteiger partial charge in [-0.2, -0.15) is 0 Å². The van der Waals surface area contributed by atoms with Crippen molar-refractivity contribution in [3.8, 4) is 0 Å². The van der Waals surface area contributed by atoms with E-state index in [0.717, 1.165) is 16.8 Å². The van der Waals surface area contributed by atoms with Gasteiger partial charge in [0.25, 0.3) is 0 Å². The summed E-state index contributed by atoms with van der Waals surface area (Å²) in [6.45, 7) is 8.77. The van der Waals surface area contributed by atoms with Gasteiger partial charge in [-0.05, 0) is 44.9 Å². The normalized spacial score (nSPS) is 16.2. The molecule has 29 heavy (non-hydrogen) atoms. The second-order valence-electron chi connectivity index (χ2n) is 8.49. The van der Waals surface area contributed by atoms with Gasteiger partial charge in [-0.15, -0.1) is 0 Å². The third kappa shape index (κ3) is 5.97. The summed E-state index contributed by atoms with van der Waals surface area (Å²) in [6.07, 6.45) is 0.463. The maximum absolute atomic E-state index is 12.9. The van der Waals surface area contributed by atoms with Crippen molar-refractivity contribution >= 4 is 23.3 Å². The molecule has 2 aromatic rings. The van der Waals surface area contributed by atoms with Gasteiger partial charge in [0.1, 0.15) is 0 Å². The third-order valence-corrected chi connectivity index (χ3v) is 5.00. The highest BCUT2D eigenvalue weighted by atomic mass is 35.5. The molecular weight excluding hydrogens is 386 g/mol. The van der Waals surface area contributed by atoms with Gasteiger partial charge in [0.05, 0.1) is 12.3 Å². The van der Waals surface area contributed by atoms with Gasteiger partial charge in [0, 0.05) is 23.5 Å². The van der Waals surface area contributed by atoms with Gasteiger partial charge in [-0.25, -0.2) is 4.79 Å². The average Bonchev–Trinajstić information content (AvgIpc) is 3.10. The fourth-order valence-electron chi connectivity index (χ4n) is 3.14. The molecule has 0 radical (unpaired) electrons. The third-order valence-electron chi connectivity index (χ3n) is 4.63. The zero-order chi connectivity index (χ0) is 21.0. The number of urea groups is 1. The van der Waals surface area contributed by atoms with Crippen LogP contribution in [0.25, 0.3) is 0 Å². The Hall–Kier alpha value is -2.53. The van der Waals surface area contributed by atoms with Crippen molar-refractivity contribution in [1.29, 1.82) is 0 Å². The summed E-state index contributed by atoms with van der Waals surface area (Å²) < 4.78 is 0. The van der Waals surface area contributed by atoms with Crippen LogP contribution in [0, 0.1) is 6.92 Å². The van der Waals surface area contributed by atoms with E-state index in [2.05, 4.69) is 29.5 Å². The molecule has 0 saturated heterocycles. The van der Waals surface area contributed by atoms with Gasteiger partial charge in [0.2, 0.25) is 0 Å². The Morgan fingerprint density at radius 1 is 1.21 bits per heavy atom. The van der Waals surface area contributed by atoms with Gasteiger partial charge < -0.3 is 15.1 Å². The van der Waals surface area contributed by atoms with Crippen LogP contribution in [0.1, 0.15) is 43.9 Å². The average molecular weight is 414 g/mol. The van der Waals surface area contributed by atoms with Gasteiger partial charge in [0.15, 0.2) is 6.10 Å². The van der Waals surface area contributed by atoms with Crippen LogP contribution in [-0.2, 0) is 11.4 Å². The highest BCUT2D eigenvalue weighted by Gasteiger charge is 2.28. The van der Waals surface area contributed by atoms with Gasteiger partial charge in [-0.3, -0.25) is 0 Å². The first-order valence-corrected chi connectivity index (χ1v) is 10.2. The van der Waals surface area contributed by atoms with E-state index in [1.165, 1.54) is 5.56 Å². The van der Waals surface area contributed by atoms with Crippen LogP contribution in [-0.4, -0.2) is 34.8 Å². The van der Waals surface area contributed by atoms with Crippen LogP contribution in [0.5, 0.6) is 0 Å². The molecule has 0 bridgehead atoms. The van der Waals surface area contributed by atoms with Crippen LogP contribution < -0.4 is 5.32 Å². The number of carbonyl (C=O) groups excluding carboxylic acids is 1. The molecule has 3 rings (SSSR count). The summed E-state index contributed by atoms with van der Waals surface area (Å²) >= 11 is 6.33. The van der Waals surface area contributed by atoms with Crippen molar-refractivity contribution in [3.63, 3.8) is 0 Å². The van der Waals surface area contributed by atoms with Crippen LogP contribution in [0.2, 0.25) is 5.02 Å². The van der Waals surface area contributed by atoms with Crippen molar-refractivity contribution in [1.82, 2.24) is 10.2 Å². The van der Waals surface area contributed by atoms with E-state index in [1.54, 1.807) is 4.90 Å². The molecule has 0 fully saturated rings. The van der Waals surface area contributed by atoms with E-state index < -0.39 is 0 Å². The molecule has 5 nitrogen and oxygen atoms in total.